The van der Waals surface area contributed by atoms with E-state index in [1.165, 1.54) is 31.4 Å². The number of nitrogens with one attached hydrogen (secondary N) is 2. The summed E-state index contributed by atoms with van der Waals surface area (Å²) in [4.78, 5) is 31.5. The summed E-state index contributed by atoms with van der Waals surface area (Å²) < 4.78 is 13.3. The Morgan fingerprint density at radius 3 is 2.89 bits per heavy atom. The van der Waals surface area contributed by atoms with Gasteiger partial charge in [0.15, 0.2) is 0 Å². The monoisotopic (exact) mass is 372 g/mol. The lowest BCUT2D eigenvalue weighted by atomic mass is 9.98. The maximum absolute atomic E-state index is 13.3. The third kappa shape index (κ3) is 3.69. The smallest absolute Gasteiger partial charge is 0.317 e. The third-order valence-electron chi connectivity index (χ3n) is 5.79. The zero-order valence-electron chi connectivity index (χ0n) is 15.5. The van der Waals surface area contributed by atoms with Crippen LogP contribution >= 0.6 is 0 Å². The molecular weight excluding hydrogens is 347 g/mol. The number of benzene rings is 1. The lowest BCUT2D eigenvalue weighted by Gasteiger charge is -2.49. The first-order chi connectivity index (χ1) is 13.0. The second kappa shape index (κ2) is 7.31. The number of fused-ring (bicyclic) bond motifs is 1. The molecule has 27 heavy (non-hydrogen) atoms. The minimum Gasteiger partial charge on any atom is -0.334 e. The van der Waals surface area contributed by atoms with Gasteiger partial charge in [-0.3, -0.25) is 9.69 Å². The molecule has 1 unspecified atom stereocenters. The Kier molecular flexibility index (Phi) is 4.86. The Balaban J connectivity index is 1.33. The van der Waals surface area contributed by atoms with Gasteiger partial charge in [-0.1, -0.05) is 6.42 Å². The first-order valence-electron chi connectivity index (χ1n) is 9.61. The van der Waals surface area contributed by atoms with Gasteiger partial charge in [-0.05, 0) is 56.0 Å². The molecule has 7 heteroatoms. The summed E-state index contributed by atoms with van der Waals surface area (Å²) >= 11 is 0. The maximum Gasteiger partial charge on any atom is 0.317 e. The number of carbonyl (C=O) groups excluding carboxylic acids is 1. The molecule has 1 aromatic heterocycles. The lowest BCUT2D eigenvalue weighted by molar-refractivity contribution is 0.0169. The van der Waals surface area contributed by atoms with Crippen molar-refractivity contribution >= 4 is 16.9 Å². The van der Waals surface area contributed by atoms with Gasteiger partial charge in [-0.25, -0.2) is 9.18 Å². The second-order valence-corrected chi connectivity index (χ2v) is 7.66. The number of likely N-dealkylation sites (tertiary alicyclic amines) is 2. The number of aromatic amines is 1. The summed E-state index contributed by atoms with van der Waals surface area (Å²) in [7, 11) is 0. The molecule has 0 bridgehead atoms. The minimum absolute atomic E-state index is 0.144. The fourth-order valence-electron chi connectivity index (χ4n) is 4.13. The van der Waals surface area contributed by atoms with Crippen molar-refractivity contribution in [2.75, 3.05) is 19.6 Å². The molecule has 3 heterocycles. The van der Waals surface area contributed by atoms with Gasteiger partial charge >= 0.3 is 6.03 Å². The molecule has 2 fully saturated rings. The lowest BCUT2D eigenvalue weighted by Crippen LogP contribution is -2.65. The highest BCUT2D eigenvalue weighted by Crippen LogP contribution is 2.24. The van der Waals surface area contributed by atoms with Gasteiger partial charge in [-0.15, -0.1) is 0 Å². The number of piperidine rings is 1. The van der Waals surface area contributed by atoms with E-state index in [2.05, 4.69) is 22.1 Å². The summed E-state index contributed by atoms with van der Waals surface area (Å²) in [5, 5.41) is 3.57. The number of H-pyrrole nitrogens is 1. The van der Waals surface area contributed by atoms with Crippen LogP contribution in [0.1, 0.15) is 31.7 Å². The van der Waals surface area contributed by atoms with E-state index in [1.807, 2.05) is 0 Å². The van der Waals surface area contributed by atoms with Crippen LogP contribution in [0, 0.1) is 5.82 Å². The Labute approximate surface area is 157 Å². The van der Waals surface area contributed by atoms with E-state index < -0.39 is 5.82 Å². The molecule has 4 rings (SSSR count). The van der Waals surface area contributed by atoms with Gasteiger partial charge in [0.2, 0.25) is 0 Å². The minimum atomic E-state index is -0.394. The van der Waals surface area contributed by atoms with Crippen LogP contribution in [0.4, 0.5) is 9.18 Å². The molecule has 1 atom stereocenters. The van der Waals surface area contributed by atoms with Crippen LogP contribution in [-0.4, -0.2) is 52.5 Å². The molecule has 2 N–H and O–H groups in total. The Hall–Kier alpha value is -2.41. The molecule has 2 aliphatic rings. The molecular formula is C20H25FN4O2. The standard InChI is InChI=1S/C20H25FN4O2/c1-13-4-2-3-7-25(13)17-11-24(12-17)20(27)22-10-15-8-14-5-6-16(21)9-18(14)23-19(15)26/h5-6,8-9,13,17H,2-4,7,10-12H2,1H3,(H,22,27)(H,23,26). The zero-order valence-corrected chi connectivity index (χ0v) is 15.5. The van der Waals surface area contributed by atoms with Crippen LogP contribution in [0.25, 0.3) is 10.9 Å². The first-order valence-corrected chi connectivity index (χ1v) is 9.61. The van der Waals surface area contributed by atoms with Gasteiger partial charge < -0.3 is 15.2 Å². The van der Waals surface area contributed by atoms with E-state index >= 15 is 0 Å². The van der Waals surface area contributed by atoms with Crippen molar-refractivity contribution in [3.8, 4) is 0 Å². The van der Waals surface area contributed by atoms with Gasteiger partial charge in [0.05, 0.1) is 5.52 Å². The van der Waals surface area contributed by atoms with E-state index in [1.54, 1.807) is 17.0 Å². The average molecular weight is 372 g/mol. The van der Waals surface area contributed by atoms with Crippen LogP contribution in [0.2, 0.25) is 0 Å². The van der Waals surface area contributed by atoms with Crippen molar-refractivity contribution in [3.63, 3.8) is 0 Å². The van der Waals surface area contributed by atoms with E-state index in [4.69, 9.17) is 0 Å². The van der Waals surface area contributed by atoms with Crippen molar-refractivity contribution < 1.29 is 9.18 Å². The summed E-state index contributed by atoms with van der Waals surface area (Å²) in [6.07, 6.45) is 3.76. The van der Waals surface area contributed by atoms with Crippen molar-refractivity contribution in [1.82, 2.24) is 20.1 Å². The van der Waals surface area contributed by atoms with Crippen molar-refractivity contribution in [3.05, 3.63) is 46.0 Å². The Bertz CT molecular complexity index is 906. The average Bonchev–Trinajstić information content (AvgIpc) is 2.60. The van der Waals surface area contributed by atoms with Crippen LogP contribution in [-0.2, 0) is 6.54 Å². The molecule has 2 aromatic rings. The molecule has 0 radical (unpaired) electrons. The van der Waals surface area contributed by atoms with Crippen molar-refractivity contribution in [2.24, 2.45) is 0 Å². The molecule has 0 saturated carbocycles. The van der Waals surface area contributed by atoms with E-state index in [0.717, 1.165) is 25.0 Å². The predicted octanol–water partition coefficient (Wildman–Crippen LogP) is 2.44. The Morgan fingerprint density at radius 2 is 2.11 bits per heavy atom. The van der Waals surface area contributed by atoms with Crippen LogP contribution in [0.15, 0.2) is 29.1 Å². The highest BCUT2D eigenvalue weighted by Gasteiger charge is 2.37. The summed E-state index contributed by atoms with van der Waals surface area (Å²) in [5.41, 5.74) is 0.609. The van der Waals surface area contributed by atoms with Crippen LogP contribution < -0.4 is 10.9 Å². The van der Waals surface area contributed by atoms with Crippen molar-refractivity contribution in [2.45, 2.75) is 44.8 Å². The molecule has 1 aromatic carbocycles. The van der Waals surface area contributed by atoms with E-state index in [-0.39, 0.29) is 18.1 Å². The maximum atomic E-state index is 13.3. The molecule has 0 spiro atoms. The molecule has 2 aliphatic heterocycles. The molecule has 2 amide bonds. The number of carbonyl (C=O) groups is 1. The summed E-state index contributed by atoms with van der Waals surface area (Å²) in [6, 6.07) is 6.86. The fourth-order valence-corrected chi connectivity index (χ4v) is 4.13. The first kappa shape index (κ1) is 18.0. The van der Waals surface area contributed by atoms with Gasteiger partial charge in [0.25, 0.3) is 5.56 Å². The molecule has 2 saturated heterocycles. The number of hydrogen-bond donors (Lipinski definition) is 2. The number of halogens is 1. The highest BCUT2D eigenvalue weighted by atomic mass is 19.1. The van der Waals surface area contributed by atoms with Gasteiger partial charge in [0, 0.05) is 37.3 Å². The number of hydrogen-bond acceptors (Lipinski definition) is 3. The largest absolute Gasteiger partial charge is 0.334 e. The normalized spacial score (nSPS) is 21.3. The van der Waals surface area contributed by atoms with Crippen molar-refractivity contribution in [1.29, 1.82) is 0 Å². The quantitative estimate of drug-likeness (QED) is 0.870. The van der Waals surface area contributed by atoms with Gasteiger partial charge in [-0.2, -0.15) is 0 Å². The third-order valence-corrected chi connectivity index (χ3v) is 5.79. The molecule has 0 aliphatic carbocycles. The fraction of sp³-hybridized carbons (Fsp3) is 0.500. The SMILES string of the molecule is CC1CCCCN1C1CN(C(=O)NCc2cc3ccc(F)cc3[nH]c2=O)C1. The predicted molar refractivity (Wildman–Crippen MR) is 102 cm³/mol. The second-order valence-electron chi connectivity index (χ2n) is 7.66. The number of aromatic nitrogens is 1. The molecule has 6 nitrogen and oxygen atoms in total. The van der Waals surface area contributed by atoms with Crippen LogP contribution in [0.3, 0.4) is 0 Å². The summed E-state index contributed by atoms with van der Waals surface area (Å²) in [5.74, 6) is -0.394. The van der Waals surface area contributed by atoms with Crippen LogP contribution in [0.5, 0.6) is 0 Å². The number of pyridine rings is 1. The topological polar surface area (TPSA) is 68.4 Å². The Morgan fingerprint density at radius 1 is 1.30 bits per heavy atom. The van der Waals surface area contributed by atoms with E-state index in [0.29, 0.717) is 23.2 Å². The number of urea groups is 1. The number of rotatable bonds is 3. The van der Waals surface area contributed by atoms with E-state index in [9.17, 15) is 14.0 Å². The highest BCUT2D eigenvalue weighted by molar-refractivity contribution is 5.79. The number of nitrogens with zero attached hydrogens (tertiary/aromatic N) is 2. The molecule has 144 valence electrons. The number of amides is 2. The zero-order chi connectivity index (χ0) is 19.0. The van der Waals surface area contributed by atoms with Gasteiger partial charge in [0.1, 0.15) is 5.82 Å². The summed E-state index contributed by atoms with van der Waals surface area (Å²) in [6.45, 7) is 5.02.